The second kappa shape index (κ2) is 30.8. The van der Waals surface area contributed by atoms with Crippen LogP contribution in [-0.4, -0.2) is 178 Å². The minimum atomic E-state index is -1.12. The standard InChI is InChI=1S/C37H49N5O6S.C35H43N5O6S/c1-8-11-12-13-16-41(6)36(45)42-21-26(18-31(42)33(43)40-37(20-24(37)9-2)35(44)47-10-3)48-32-19-29(34-39-30(22-49-34)23(4)5)38-28-17-25(46-7)14-15-27(28)32;1-6-45-33(42)35-18-22(35)11-9-7-8-10-14-39(4)34(43)40-19-24(16-29(40)31(41)38-35)46-30-17-27(32-37-28(20-47-32)21(2)3)36-26-15-23(44-5)12-13-25(26)30/h8,14-15,17,19,22-24,26,31H,1,9-13,16,18,20-21H2,2-7H3,(H,40,43);9,11-13,15,17,20-22,24,29H,6-8,10,14,16,18-19H2,1-5H3,(H,38,41)/b;11-9-/t24-,26-,31+,37-;22-,24-,29+,35-/m11/s1. The Hall–Kier alpha value is -8.38. The van der Waals surface area contributed by atoms with Gasteiger partial charge in [-0.25, -0.2) is 39.1 Å². The van der Waals surface area contributed by atoms with Gasteiger partial charge in [-0.3, -0.25) is 9.59 Å². The van der Waals surface area contributed by atoms with Crippen LogP contribution in [-0.2, 0) is 28.7 Å². The number of unbranched alkanes of at least 4 members (excludes halogenated alkanes) is 2. The van der Waals surface area contributed by atoms with Gasteiger partial charge in [0, 0.05) is 91.7 Å². The summed E-state index contributed by atoms with van der Waals surface area (Å²) in [7, 11) is 6.74. The van der Waals surface area contributed by atoms with Gasteiger partial charge in [-0.05, 0) is 107 Å². The molecule has 7 heterocycles. The number of thiazole rings is 2. The van der Waals surface area contributed by atoms with Crippen molar-refractivity contribution in [3.05, 3.63) is 95.5 Å². The van der Waals surface area contributed by atoms with Gasteiger partial charge in [-0.15, -0.1) is 29.3 Å². The fourth-order valence-electron chi connectivity index (χ4n) is 12.9. The molecule has 24 heteroatoms. The van der Waals surface area contributed by atoms with Crippen LogP contribution < -0.4 is 29.6 Å². The summed E-state index contributed by atoms with van der Waals surface area (Å²) in [4.78, 5) is 108. The van der Waals surface area contributed by atoms with E-state index < -0.39 is 47.3 Å². The van der Waals surface area contributed by atoms with Gasteiger partial charge in [0.05, 0.1) is 62.9 Å². The first-order valence-corrected chi connectivity index (χ1v) is 35.5. The Bertz CT molecular complexity index is 3850. The average molecular weight is 1350 g/mol. The molecule has 8 atom stereocenters. The Balaban J connectivity index is 0.000000209. The zero-order valence-electron chi connectivity index (χ0n) is 57.1. The highest BCUT2D eigenvalue weighted by Gasteiger charge is 2.63. The summed E-state index contributed by atoms with van der Waals surface area (Å²) < 4.78 is 35.1. The highest BCUT2D eigenvalue weighted by Crippen LogP contribution is 2.48. The number of methoxy groups -OCH3 is 2. The normalized spacial score (nSPS) is 23.4. The molecule has 4 aromatic heterocycles. The Morgan fingerprint density at radius 3 is 1.92 bits per heavy atom. The molecule has 22 nitrogen and oxygen atoms in total. The molecule has 96 heavy (non-hydrogen) atoms. The number of carbonyl (C=O) groups is 6. The molecule has 6 aromatic rings. The number of urea groups is 2. The average Bonchev–Trinajstić information content (AvgIpc) is 1.57. The Labute approximate surface area is 570 Å². The summed E-state index contributed by atoms with van der Waals surface area (Å²) in [5.74, 6) is 1.27. The van der Waals surface area contributed by atoms with E-state index in [0.717, 1.165) is 77.1 Å². The topological polar surface area (TPSA) is 246 Å². The third-order valence-corrected chi connectivity index (χ3v) is 20.5. The number of ether oxygens (including phenoxy) is 6. The molecule has 6 amide bonds. The van der Waals surface area contributed by atoms with Crippen LogP contribution >= 0.6 is 22.7 Å². The van der Waals surface area contributed by atoms with Crippen molar-refractivity contribution in [3.63, 3.8) is 0 Å². The number of nitrogens with zero attached hydrogens (tertiary/aromatic N) is 8. The number of fused-ring (bicyclic) bond motifs is 4. The SMILES string of the molecule is C=CCCCCN(C)C(=O)N1C[C@H](Oc2cc(-c3nc(C(C)C)cs3)nc3cc(OC)ccc23)C[C@H]1C(=O)N[C@]1(C(=O)OCC)C[C@H]1CC.CCOC(=O)[C@@]12C[C@H]1/C=C\CCCCN(C)C(=O)N1C[C@H](Oc3cc(-c4nc(C(C)C)cs4)nc4cc(OC)ccc34)C[C@H]1C(=O)N2. The number of benzene rings is 2. The number of pyridine rings is 2. The number of amides is 6. The number of aromatic nitrogens is 4. The zero-order valence-corrected chi connectivity index (χ0v) is 58.8. The van der Waals surface area contributed by atoms with Gasteiger partial charge in [-0.2, -0.15) is 0 Å². The predicted octanol–water partition coefficient (Wildman–Crippen LogP) is 12.1. The number of carbonyl (C=O) groups excluding carboxylic acids is 6. The third-order valence-electron chi connectivity index (χ3n) is 18.7. The second-order valence-electron chi connectivity index (χ2n) is 26.1. The lowest BCUT2D eigenvalue weighted by atomic mass is 10.1. The first-order valence-electron chi connectivity index (χ1n) is 33.7. The maximum absolute atomic E-state index is 14.1. The molecule has 2 saturated carbocycles. The van der Waals surface area contributed by atoms with Gasteiger partial charge in [0.15, 0.2) is 0 Å². The summed E-state index contributed by atoms with van der Waals surface area (Å²) in [5, 5.41) is 13.2. The Morgan fingerprint density at radius 2 is 1.38 bits per heavy atom. The minimum absolute atomic E-state index is 0.0127. The van der Waals surface area contributed by atoms with Crippen LogP contribution in [0, 0.1) is 11.8 Å². The van der Waals surface area contributed by atoms with E-state index in [1.807, 2.05) is 78.4 Å². The largest absolute Gasteiger partial charge is 0.497 e. The molecule has 3 aliphatic heterocycles. The second-order valence-corrected chi connectivity index (χ2v) is 27.8. The lowest BCUT2D eigenvalue weighted by Gasteiger charge is -2.30. The number of hydrogen-bond donors (Lipinski definition) is 2. The molecule has 0 radical (unpaired) electrons. The number of hydrogen-bond acceptors (Lipinski definition) is 18. The van der Waals surface area contributed by atoms with Gasteiger partial charge in [0.25, 0.3) is 0 Å². The van der Waals surface area contributed by atoms with E-state index in [9.17, 15) is 28.8 Å². The first-order chi connectivity index (χ1) is 46.2. The van der Waals surface area contributed by atoms with Crippen molar-refractivity contribution in [1.29, 1.82) is 0 Å². The molecule has 2 N–H and O–H groups in total. The van der Waals surface area contributed by atoms with Crippen LogP contribution in [0.3, 0.4) is 0 Å². The van der Waals surface area contributed by atoms with Crippen molar-refractivity contribution in [3.8, 4) is 44.4 Å². The van der Waals surface area contributed by atoms with E-state index in [-0.39, 0.29) is 86.7 Å². The molecule has 2 aromatic carbocycles. The van der Waals surface area contributed by atoms with Gasteiger partial charge in [0.1, 0.15) is 79.8 Å². The molecule has 0 bridgehead atoms. The number of esters is 2. The molecule has 4 fully saturated rings. The highest BCUT2D eigenvalue weighted by molar-refractivity contribution is 7.13. The van der Waals surface area contributed by atoms with Crippen molar-refractivity contribution in [2.45, 2.75) is 166 Å². The molecule has 2 aliphatic carbocycles. The van der Waals surface area contributed by atoms with E-state index in [1.165, 1.54) is 22.7 Å². The molecular formula is C72H92N10O12S2. The molecule has 514 valence electrons. The fourth-order valence-corrected chi connectivity index (χ4v) is 14.8. The van der Waals surface area contributed by atoms with Gasteiger partial charge in [0.2, 0.25) is 11.8 Å². The summed E-state index contributed by atoms with van der Waals surface area (Å²) in [5.41, 5.74) is 2.51. The summed E-state index contributed by atoms with van der Waals surface area (Å²) in [6, 6.07) is 12.9. The summed E-state index contributed by atoms with van der Waals surface area (Å²) in [6.45, 7) is 19.7. The number of rotatable bonds is 22. The molecule has 0 spiro atoms. The van der Waals surface area contributed by atoms with Gasteiger partial charge in [-0.1, -0.05) is 59.3 Å². The quantitative estimate of drug-likeness (QED) is 0.0364. The lowest BCUT2D eigenvalue weighted by Crippen LogP contribution is -2.55. The lowest BCUT2D eigenvalue weighted by molar-refractivity contribution is -0.150. The first kappa shape index (κ1) is 70.4. The van der Waals surface area contributed by atoms with Crippen LogP contribution in [0.25, 0.3) is 43.2 Å². The van der Waals surface area contributed by atoms with Crippen LogP contribution in [0.2, 0.25) is 0 Å². The van der Waals surface area contributed by atoms with Crippen molar-refractivity contribution in [2.24, 2.45) is 11.8 Å². The minimum Gasteiger partial charge on any atom is -0.497 e. The number of likely N-dealkylation sites (tertiary alicyclic amines) is 1. The zero-order chi connectivity index (χ0) is 68.6. The summed E-state index contributed by atoms with van der Waals surface area (Å²) >= 11 is 3.05. The molecule has 5 aliphatic rings. The van der Waals surface area contributed by atoms with E-state index in [4.69, 9.17) is 48.4 Å². The van der Waals surface area contributed by atoms with Crippen molar-refractivity contribution in [2.75, 3.05) is 67.7 Å². The smallest absolute Gasteiger partial charge is 0.332 e. The molecule has 0 unspecified atom stereocenters. The van der Waals surface area contributed by atoms with Gasteiger partial charge >= 0.3 is 24.0 Å². The van der Waals surface area contributed by atoms with E-state index in [0.29, 0.717) is 71.4 Å². The maximum atomic E-state index is 14.1. The monoisotopic (exact) mass is 1350 g/mol. The highest BCUT2D eigenvalue weighted by atomic mass is 32.1. The molecule has 2 saturated heterocycles. The molecule has 11 rings (SSSR count). The third kappa shape index (κ3) is 15.5. The fraction of sp³-hybridized carbons (Fsp3) is 0.528. The summed E-state index contributed by atoms with van der Waals surface area (Å²) in [6.07, 6.45) is 12.4. The van der Waals surface area contributed by atoms with Gasteiger partial charge < -0.3 is 58.7 Å². The molecular weight excluding hydrogens is 1260 g/mol. The number of nitrogens with one attached hydrogen (secondary N) is 2. The predicted molar refractivity (Wildman–Crippen MR) is 371 cm³/mol. The van der Waals surface area contributed by atoms with E-state index in [1.54, 1.807) is 61.8 Å². The van der Waals surface area contributed by atoms with Crippen LogP contribution in [0.15, 0.2) is 84.1 Å². The van der Waals surface area contributed by atoms with E-state index >= 15 is 0 Å². The van der Waals surface area contributed by atoms with Crippen LogP contribution in [0.1, 0.15) is 142 Å². The van der Waals surface area contributed by atoms with Crippen molar-refractivity contribution < 1.29 is 57.2 Å². The Kier molecular flexibility index (Phi) is 22.6. The van der Waals surface area contributed by atoms with Crippen LogP contribution in [0.5, 0.6) is 23.0 Å². The van der Waals surface area contributed by atoms with Crippen molar-refractivity contribution >= 4 is 80.3 Å². The van der Waals surface area contributed by atoms with Crippen LogP contribution in [0.4, 0.5) is 9.59 Å². The Morgan fingerprint density at radius 1 is 0.781 bits per heavy atom. The number of allylic oxidation sites excluding steroid dienone is 2. The van der Waals surface area contributed by atoms with Crippen molar-refractivity contribution in [1.82, 2.24) is 50.2 Å². The van der Waals surface area contributed by atoms with E-state index in [2.05, 4.69) is 51.0 Å². The maximum Gasteiger partial charge on any atom is 0.332 e.